The molecule has 1 saturated heterocycles. The maximum Gasteiger partial charge on any atom is 0.184 e. The van der Waals surface area contributed by atoms with Gasteiger partial charge in [-0.15, -0.1) is 0 Å². The van der Waals surface area contributed by atoms with Crippen molar-refractivity contribution in [2.75, 3.05) is 27.4 Å². The van der Waals surface area contributed by atoms with Gasteiger partial charge in [0, 0.05) is 19.8 Å². The maximum absolute atomic E-state index is 8.94. The van der Waals surface area contributed by atoms with Gasteiger partial charge >= 0.3 is 0 Å². The molecular formula is C14H15NO4. The van der Waals surface area contributed by atoms with E-state index in [0.29, 0.717) is 18.8 Å². The van der Waals surface area contributed by atoms with Gasteiger partial charge in [0.2, 0.25) is 0 Å². The van der Waals surface area contributed by atoms with Crippen molar-refractivity contribution in [1.29, 1.82) is 5.26 Å². The van der Waals surface area contributed by atoms with Crippen LogP contribution in [0.3, 0.4) is 0 Å². The third-order valence-corrected chi connectivity index (χ3v) is 3.55. The number of hydrogen-bond acceptors (Lipinski definition) is 5. The average Bonchev–Trinajstić information content (AvgIpc) is 3.20. The van der Waals surface area contributed by atoms with E-state index in [-0.39, 0.29) is 12.2 Å². The minimum Gasteiger partial charge on any atom is -0.479 e. The highest BCUT2D eigenvalue weighted by molar-refractivity contribution is 5.48. The number of nitriles is 1. The van der Waals surface area contributed by atoms with E-state index in [1.807, 2.05) is 12.1 Å². The molecule has 19 heavy (non-hydrogen) atoms. The van der Waals surface area contributed by atoms with Crippen LogP contribution in [0.1, 0.15) is 17.2 Å². The predicted octanol–water partition coefficient (Wildman–Crippen LogP) is 1.42. The molecule has 3 rings (SSSR count). The third-order valence-electron chi connectivity index (χ3n) is 3.55. The van der Waals surface area contributed by atoms with Crippen molar-refractivity contribution in [3.63, 3.8) is 0 Å². The zero-order chi connectivity index (χ0) is 13.5. The fraction of sp³-hybridized carbons (Fsp3) is 0.500. The first-order chi connectivity index (χ1) is 9.24. The van der Waals surface area contributed by atoms with Crippen molar-refractivity contribution in [2.24, 2.45) is 0 Å². The van der Waals surface area contributed by atoms with Crippen LogP contribution >= 0.6 is 0 Å². The van der Waals surface area contributed by atoms with Crippen LogP contribution in [0.2, 0.25) is 0 Å². The molecule has 2 atom stereocenters. The summed E-state index contributed by atoms with van der Waals surface area (Å²) >= 11 is 0. The Hall–Kier alpha value is -1.61. The van der Waals surface area contributed by atoms with Gasteiger partial charge in [-0.1, -0.05) is 0 Å². The summed E-state index contributed by atoms with van der Waals surface area (Å²) < 4.78 is 22.3. The van der Waals surface area contributed by atoms with Crippen molar-refractivity contribution >= 4 is 0 Å². The molecule has 5 heteroatoms. The molecule has 2 heterocycles. The number of methoxy groups -OCH3 is 2. The van der Waals surface area contributed by atoms with Gasteiger partial charge in [-0.3, -0.25) is 0 Å². The monoisotopic (exact) mass is 261 g/mol. The van der Waals surface area contributed by atoms with Gasteiger partial charge in [0.25, 0.3) is 0 Å². The Bertz CT molecular complexity index is 531. The molecular weight excluding hydrogens is 246 g/mol. The predicted molar refractivity (Wildman–Crippen MR) is 65.9 cm³/mol. The number of rotatable bonds is 4. The number of ether oxygens (including phenoxy) is 4. The van der Waals surface area contributed by atoms with E-state index in [1.165, 1.54) is 0 Å². The first-order valence-corrected chi connectivity index (χ1v) is 6.10. The lowest BCUT2D eigenvalue weighted by Gasteiger charge is -2.35. The largest absolute Gasteiger partial charge is 0.479 e. The second-order valence-electron chi connectivity index (χ2n) is 4.87. The molecule has 0 radical (unpaired) electrons. The van der Waals surface area contributed by atoms with Gasteiger partial charge in [0.15, 0.2) is 5.60 Å². The molecule has 0 amide bonds. The summed E-state index contributed by atoms with van der Waals surface area (Å²) in [7, 11) is 3.26. The molecule has 0 spiro atoms. The maximum atomic E-state index is 8.94. The average molecular weight is 261 g/mol. The van der Waals surface area contributed by atoms with E-state index >= 15 is 0 Å². The van der Waals surface area contributed by atoms with Crippen LogP contribution in [0.5, 0.6) is 5.75 Å². The fourth-order valence-electron chi connectivity index (χ4n) is 2.71. The van der Waals surface area contributed by atoms with Crippen molar-refractivity contribution in [1.82, 2.24) is 0 Å². The zero-order valence-electron chi connectivity index (χ0n) is 10.9. The lowest BCUT2D eigenvalue weighted by Crippen LogP contribution is -2.52. The third kappa shape index (κ3) is 1.89. The standard InChI is InChI=1S/C14H15NO4/c1-16-7-14(8-17-2)13-12(18-13)10-5-9(6-15)3-4-11(10)19-14/h3-5,12-13H,7-8H2,1-2H3/t12-,13+/m1/s1. The summed E-state index contributed by atoms with van der Waals surface area (Å²) in [6.45, 7) is 0.808. The minimum atomic E-state index is -0.602. The Kier molecular flexibility index (Phi) is 2.94. The second kappa shape index (κ2) is 4.49. The van der Waals surface area contributed by atoms with E-state index in [4.69, 9.17) is 24.2 Å². The molecule has 0 N–H and O–H groups in total. The highest BCUT2D eigenvalue weighted by atomic mass is 16.7. The van der Waals surface area contributed by atoms with Gasteiger partial charge in [-0.25, -0.2) is 0 Å². The molecule has 0 aromatic heterocycles. The molecule has 1 aromatic carbocycles. The number of fused-ring (bicyclic) bond motifs is 3. The normalized spacial score (nSPS) is 25.7. The van der Waals surface area contributed by atoms with Crippen LogP contribution in [0, 0.1) is 11.3 Å². The van der Waals surface area contributed by atoms with E-state index in [2.05, 4.69) is 6.07 Å². The summed E-state index contributed by atoms with van der Waals surface area (Å²) in [6, 6.07) is 7.50. The van der Waals surface area contributed by atoms with Gasteiger partial charge in [-0.2, -0.15) is 5.26 Å². The Morgan fingerprint density at radius 3 is 2.68 bits per heavy atom. The summed E-state index contributed by atoms with van der Waals surface area (Å²) in [5, 5.41) is 8.94. The Morgan fingerprint density at radius 1 is 1.32 bits per heavy atom. The lowest BCUT2D eigenvalue weighted by atomic mass is 9.91. The smallest absolute Gasteiger partial charge is 0.184 e. The number of epoxide rings is 1. The summed E-state index contributed by atoms with van der Waals surface area (Å²) in [4.78, 5) is 0. The minimum absolute atomic E-state index is 0.0256. The first kappa shape index (κ1) is 12.4. The van der Waals surface area contributed by atoms with E-state index in [9.17, 15) is 0 Å². The first-order valence-electron chi connectivity index (χ1n) is 6.10. The second-order valence-corrected chi connectivity index (χ2v) is 4.87. The highest BCUT2D eigenvalue weighted by Gasteiger charge is 2.61. The molecule has 0 aliphatic carbocycles. The Balaban J connectivity index is 1.97. The van der Waals surface area contributed by atoms with Crippen molar-refractivity contribution in [3.05, 3.63) is 29.3 Å². The van der Waals surface area contributed by atoms with E-state index in [0.717, 1.165) is 11.3 Å². The quantitative estimate of drug-likeness (QED) is 0.767. The highest BCUT2D eigenvalue weighted by Crippen LogP contribution is 2.54. The molecule has 0 unspecified atom stereocenters. The number of benzene rings is 1. The van der Waals surface area contributed by atoms with Crippen LogP contribution in [0.15, 0.2) is 18.2 Å². The number of nitrogens with zero attached hydrogens (tertiary/aromatic N) is 1. The molecule has 2 aliphatic heterocycles. The molecule has 0 saturated carbocycles. The topological polar surface area (TPSA) is 64.0 Å². The van der Waals surface area contributed by atoms with Crippen LogP contribution in [-0.4, -0.2) is 39.1 Å². The van der Waals surface area contributed by atoms with Crippen LogP contribution in [0.4, 0.5) is 0 Å². The Morgan fingerprint density at radius 2 is 2.05 bits per heavy atom. The summed E-state index contributed by atoms with van der Waals surface area (Å²) in [5.74, 6) is 0.742. The van der Waals surface area contributed by atoms with Crippen molar-refractivity contribution in [2.45, 2.75) is 17.8 Å². The van der Waals surface area contributed by atoms with Gasteiger partial charge < -0.3 is 18.9 Å². The van der Waals surface area contributed by atoms with Crippen molar-refractivity contribution < 1.29 is 18.9 Å². The molecule has 2 aliphatic rings. The summed E-state index contributed by atoms with van der Waals surface area (Å²) in [5.41, 5.74) is 0.949. The van der Waals surface area contributed by atoms with Crippen LogP contribution in [-0.2, 0) is 14.2 Å². The Labute approximate surface area is 111 Å². The SMILES string of the molecule is COCC1(COC)Oc2ccc(C#N)cc2[C@H]2O[C@@H]21. The van der Waals surface area contributed by atoms with E-state index in [1.54, 1.807) is 20.3 Å². The molecule has 1 aromatic rings. The van der Waals surface area contributed by atoms with Crippen LogP contribution in [0.25, 0.3) is 0 Å². The lowest BCUT2D eigenvalue weighted by molar-refractivity contribution is -0.0759. The van der Waals surface area contributed by atoms with Gasteiger partial charge in [0.05, 0.1) is 24.8 Å². The molecule has 5 nitrogen and oxygen atoms in total. The molecule has 0 bridgehead atoms. The van der Waals surface area contributed by atoms with Gasteiger partial charge in [0.1, 0.15) is 18.0 Å². The van der Waals surface area contributed by atoms with Crippen LogP contribution < -0.4 is 4.74 Å². The molecule has 100 valence electrons. The van der Waals surface area contributed by atoms with Gasteiger partial charge in [-0.05, 0) is 18.2 Å². The van der Waals surface area contributed by atoms with E-state index < -0.39 is 5.60 Å². The van der Waals surface area contributed by atoms with Crippen molar-refractivity contribution in [3.8, 4) is 11.8 Å². The number of hydrogen-bond donors (Lipinski definition) is 0. The molecule has 1 fully saturated rings. The zero-order valence-corrected chi connectivity index (χ0v) is 10.9. The summed E-state index contributed by atoms with van der Waals surface area (Å²) in [6.07, 6.45) is -0.101. The fourth-order valence-corrected chi connectivity index (χ4v) is 2.71.